The molecule has 2 rings (SSSR count). The molecule has 5 nitrogen and oxygen atoms in total. The second-order valence-electron chi connectivity index (χ2n) is 6.35. The number of carbonyl (C=O) groups is 1. The van der Waals surface area contributed by atoms with Crippen molar-refractivity contribution in [3.05, 3.63) is 40.2 Å². The zero-order valence-corrected chi connectivity index (χ0v) is 13.1. The van der Waals surface area contributed by atoms with Crippen LogP contribution in [0.1, 0.15) is 31.1 Å². The first-order valence-electron chi connectivity index (χ1n) is 6.80. The molecule has 21 heavy (non-hydrogen) atoms. The third-order valence-corrected chi connectivity index (χ3v) is 3.42. The highest BCUT2D eigenvalue weighted by molar-refractivity contribution is 6.00. The lowest BCUT2D eigenvalue weighted by atomic mass is 10.0. The topological polar surface area (TPSA) is 68.3 Å². The number of aromatic nitrogens is 1. The van der Waals surface area contributed by atoms with E-state index in [2.05, 4.69) is 0 Å². The van der Waals surface area contributed by atoms with E-state index in [9.17, 15) is 9.59 Å². The van der Waals surface area contributed by atoms with E-state index in [0.29, 0.717) is 11.1 Å². The molecule has 0 fully saturated rings. The summed E-state index contributed by atoms with van der Waals surface area (Å²) in [5.41, 5.74) is 6.65. The molecule has 0 aliphatic rings. The summed E-state index contributed by atoms with van der Waals surface area (Å²) in [6.45, 7) is 6.05. The Labute approximate surface area is 124 Å². The lowest BCUT2D eigenvalue weighted by Crippen LogP contribution is -2.32. The highest BCUT2D eigenvalue weighted by Gasteiger charge is 2.22. The first-order chi connectivity index (χ1) is 9.64. The fourth-order valence-corrected chi connectivity index (χ4v) is 2.35. The lowest BCUT2D eigenvalue weighted by Gasteiger charge is -2.27. The summed E-state index contributed by atoms with van der Waals surface area (Å²) in [5, 5.41) is 0.403. The minimum Gasteiger partial charge on any atom is -0.398 e. The molecule has 1 aromatic heterocycles. The van der Waals surface area contributed by atoms with Crippen molar-refractivity contribution < 1.29 is 4.79 Å². The van der Waals surface area contributed by atoms with Gasteiger partial charge in [0.25, 0.3) is 5.91 Å². The van der Waals surface area contributed by atoms with Crippen LogP contribution in [0, 0.1) is 0 Å². The van der Waals surface area contributed by atoms with E-state index in [0.717, 1.165) is 5.52 Å². The van der Waals surface area contributed by atoms with Crippen LogP contribution < -0.4 is 11.2 Å². The Morgan fingerprint density at radius 2 is 1.86 bits per heavy atom. The number of pyridine rings is 1. The SMILES string of the molecule is CN(C)C(=O)c1cn(C(C)(C)C)c2cccc(N)c2c1=O. The molecule has 0 unspecified atom stereocenters. The van der Waals surface area contributed by atoms with Crippen LogP contribution in [0.3, 0.4) is 0 Å². The van der Waals surface area contributed by atoms with Gasteiger partial charge >= 0.3 is 0 Å². The minimum absolute atomic E-state index is 0.139. The number of nitrogens with two attached hydrogens (primary N) is 1. The number of benzene rings is 1. The maximum Gasteiger partial charge on any atom is 0.258 e. The number of nitrogens with zero attached hydrogens (tertiary/aromatic N) is 2. The molecule has 1 amide bonds. The molecular formula is C16H21N3O2. The summed E-state index contributed by atoms with van der Waals surface area (Å²) in [6, 6.07) is 5.34. The van der Waals surface area contributed by atoms with E-state index in [4.69, 9.17) is 5.73 Å². The van der Waals surface area contributed by atoms with E-state index in [-0.39, 0.29) is 22.4 Å². The molecule has 5 heteroatoms. The largest absolute Gasteiger partial charge is 0.398 e. The zero-order valence-electron chi connectivity index (χ0n) is 13.1. The van der Waals surface area contributed by atoms with Crippen molar-refractivity contribution in [2.45, 2.75) is 26.3 Å². The molecule has 2 N–H and O–H groups in total. The van der Waals surface area contributed by atoms with Crippen molar-refractivity contribution in [3.8, 4) is 0 Å². The van der Waals surface area contributed by atoms with Crippen molar-refractivity contribution in [2.75, 3.05) is 19.8 Å². The second kappa shape index (κ2) is 4.91. The van der Waals surface area contributed by atoms with E-state index in [1.165, 1.54) is 4.90 Å². The van der Waals surface area contributed by atoms with Gasteiger partial charge in [-0.25, -0.2) is 0 Å². The van der Waals surface area contributed by atoms with Crippen LogP contribution in [0.2, 0.25) is 0 Å². The highest BCUT2D eigenvalue weighted by Crippen LogP contribution is 2.24. The zero-order chi connectivity index (χ0) is 15.9. The standard InChI is InChI=1S/C16H21N3O2/c1-16(2,3)19-9-10(15(21)18(4)5)14(20)13-11(17)7-6-8-12(13)19/h6-9H,17H2,1-5H3. The van der Waals surface area contributed by atoms with E-state index >= 15 is 0 Å². The number of carbonyl (C=O) groups excluding carboxylic acids is 1. The fourth-order valence-electron chi connectivity index (χ4n) is 2.35. The monoisotopic (exact) mass is 287 g/mol. The Bertz CT molecular complexity index is 767. The van der Waals surface area contributed by atoms with Crippen LogP contribution in [-0.2, 0) is 5.54 Å². The lowest BCUT2D eigenvalue weighted by molar-refractivity contribution is 0.0825. The predicted octanol–water partition coefficient (Wildman–Crippen LogP) is 2.04. The summed E-state index contributed by atoms with van der Waals surface area (Å²) in [6.07, 6.45) is 1.63. The van der Waals surface area contributed by atoms with E-state index in [1.807, 2.05) is 37.5 Å². The Morgan fingerprint density at radius 3 is 2.38 bits per heavy atom. The number of fused-ring (bicyclic) bond motifs is 1. The van der Waals surface area contributed by atoms with E-state index in [1.54, 1.807) is 26.4 Å². The van der Waals surface area contributed by atoms with Crippen LogP contribution in [-0.4, -0.2) is 29.5 Å². The number of amides is 1. The van der Waals surface area contributed by atoms with Crippen molar-refractivity contribution in [2.24, 2.45) is 0 Å². The van der Waals surface area contributed by atoms with Gasteiger partial charge in [-0.15, -0.1) is 0 Å². The Balaban J connectivity index is 2.98. The number of rotatable bonds is 1. The van der Waals surface area contributed by atoms with Gasteiger partial charge in [0.2, 0.25) is 5.43 Å². The number of nitrogen functional groups attached to an aromatic ring is 1. The summed E-state index contributed by atoms with van der Waals surface area (Å²) in [7, 11) is 3.25. The van der Waals surface area contributed by atoms with Crippen molar-refractivity contribution in [1.29, 1.82) is 0 Å². The molecule has 0 saturated carbocycles. The van der Waals surface area contributed by atoms with Gasteiger partial charge in [-0.2, -0.15) is 0 Å². The van der Waals surface area contributed by atoms with Gasteiger partial charge in [-0.1, -0.05) is 6.07 Å². The van der Waals surface area contributed by atoms with Crippen molar-refractivity contribution in [1.82, 2.24) is 9.47 Å². The predicted molar refractivity (Wildman–Crippen MR) is 85.6 cm³/mol. The third kappa shape index (κ3) is 2.51. The Kier molecular flexibility index (Phi) is 3.53. The first-order valence-corrected chi connectivity index (χ1v) is 6.80. The second-order valence-corrected chi connectivity index (χ2v) is 6.35. The number of hydrogen-bond acceptors (Lipinski definition) is 3. The average Bonchev–Trinajstić information content (AvgIpc) is 2.36. The normalized spacial score (nSPS) is 11.7. The van der Waals surface area contributed by atoms with Crippen LogP contribution in [0.25, 0.3) is 10.9 Å². The first kappa shape index (κ1) is 15.1. The van der Waals surface area contributed by atoms with Gasteiger partial charge in [0.05, 0.1) is 10.9 Å². The van der Waals surface area contributed by atoms with Crippen molar-refractivity contribution >= 4 is 22.5 Å². The van der Waals surface area contributed by atoms with Gasteiger partial charge in [-0.3, -0.25) is 9.59 Å². The van der Waals surface area contributed by atoms with Gasteiger partial charge in [0.15, 0.2) is 0 Å². The molecule has 0 saturated heterocycles. The molecule has 1 heterocycles. The van der Waals surface area contributed by atoms with Crippen molar-refractivity contribution in [3.63, 3.8) is 0 Å². The van der Waals surface area contributed by atoms with Gasteiger partial charge in [-0.05, 0) is 32.9 Å². The maximum absolute atomic E-state index is 12.6. The summed E-state index contributed by atoms with van der Waals surface area (Å²) in [5.74, 6) is -0.317. The van der Waals surface area contributed by atoms with E-state index < -0.39 is 0 Å². The molecular weight excluding hydrogens is 266 g/mol. The summed E-state index contributed by atoms with van der Waals surface area (Å²) >= 11 is 0. The number of hydrogen-bond donors (Lipinski definition) is 1. The molecule has 2 aromatic rings. The Hall–Kier alpha value is -2.30. The third-order valence-electron chi connectivity index (χ3n) is 3.42. The van der Waals surface area contributed by atoms with Crippen LogP contribution in [0.15, 0.2) is 29.2 Å². The van der Waals surface area contributed by atoms with Gasteiger partial charge in [0, 0.05) is 31.5 Å². The van der Waals surface area contributed by atoms with Gasteiger partial charge < -0.3 is 15.2 Å². The average molecular weight is 287 g/mol. The molecule has 0 aliphatic carbocycles. The molecule has 112 valence electrons. The highest BCUT2D eigenvalue weighted by atomic mass is 16.2. The van der Waals surface area contributed by atoms with Gasteiger partial charge in [0.1, 0.15) is 5.56 Å². The molecule has 0 radical (unpaired) electrons. The molecule has 1 aromatic carbocycles. The molecule has 0 bridgehead atoms. The quantitative estimate of drug-likeness (QED) is 0.816. The van der Waals surface area contributed by atoms with Crippen LogP contribution in [0.4, 0.5) is 5.69 Å². The Morgan fingerprint density at radius 1 is 1.24 bits per heavy atom. The molecule has 0 atom stereocenters. The summed E-state index contributed by atoms with van der Waals surface area (Å²) in [4.78, 5) is 26.3. The maximum atomic E-state index is 12.6. The minimum atomic E-state index is -0.317. The molecule has 0 spiro atoms. The summed E-state index contributed by atoms with van der Waals surface area (Å²) < 4.78 is 1.93. The smallest absolute Gasteiger partial charge is 0.258 e. The molecule has 0 aliphatic heterocycles. The van der Waals surface area contributed by atoms with Crippen LogP contribution in [0.5, 0.6) is 0 Å². The number of anilines is 1. The fraction of sp³-hybridized carbons (Fsp3) is 0.375. The van der Waals surface area contributed by atoms with Crippen LogP contribution >= 0.6 is 0 Å².